The van der Waals surface area contributed by atoms with Crippen molar-refractivity contribution in [1.82, 2.24) is 15.1 Å². The third-order valence-electron chi connectivity index (χ3n) is 2.91. The van der Waals surface area contributed by atoms with E-state index < -0.39 is 0 Å². The molecule has 1 N–H and O–H groups in total. The van der Waals surface area contributed by atoms with E-state index in [0.717, 1.165) is 13.0 Å². The Kier molecular flexibility index (Phi) is 30.1. The standard InChI is InChI=1S/C12H25N3O2.3C2H6/c1-6-10(2)11(15(5)9-16)12(17)13-7-8-14(3)4;3*1-2/h9-11H,6-8H2,1-5H3,(H,13,17);3*1-2H3. The zero-order chi connectivity index (χ0) is 19.4. The highest BCUT2D eigenvalue weighted by Gasteiger charge is 2.27. The number of nitrogens with one attached hydrogen (secondary N) is 1. The summed E-state index contributed by atoms with van der Waals surface area (Å²) in [5, 5.41) is 2.86. The predicted octanol–water partition coefficient (Wildman–Crippen LogP) is 3.25. The molecule has 0 rings (SSSR count). The largest absolute Gasteiger partial charge is 0.353 e. The molecule has 0 radical (unpaired) electrons. The Balaban J connectivity index is -0.000000267. The number of carbonyl (C=O) groups is 2. The number of hydrogen-bond acceptors (Lipinski definition) is 3. The van der Waals surface area contributed by atoms with Crippen LogP contribution in [0.5, 0.6) is 0 Å². The summed E-state index contributed by atoms with van der Waals surface area (Å²) in [6.07, 6.45) is 1.58. The molecule has 142 valence electrons. The van der Waals surface area contributed by atoms with Crippen LogP contribution in [-0.4, -0.2) is 62.4 Å². The number of rotatable bonds is 8. The number of likely N-dealkylation sites (N-methyl/N-ethyl adjacent to an activating group) is 2. The van der Waals surface area contributed by atoms with Crippen LogP contribution in [0.25, 0.3) is 0 Å². The van der Waals surface area contributed by atoms with Gasteiger partial charge in [0.1, 0.15) is 6.04 Å². The summed E-state index contributed by atoms with van der Waals surface area (Å²) in [6.45, 7) is 17.4. The number of carbonyl (C=O) groups excluding carboxylic acids is 2. The van der Waals surface area contributed by atoms with E-state index in [-0.39, 0.29) is 17.9 Å². The molecule has 2 unspecified atom stereocenters. The molecule has 0 aromatic carbocycles. The maximum absolute atomic E-state index is 12.0. The Morgan fingerprint density at radius 3 is 1.78 bits per heavy atom. The zero-order valence-electron chi connectivity index (χ0n) is 17.6. The number of hydrogen-bond donors (Lipinski definition) is 1. The smallest absolute Gasteiger partial charge is 0.243 e. The fraction of sp³-hybridized carbons (Fsp3) is 0.889. The third-order valence-corrected chi connectivity index (χ3v) is 2.91. The van der Waals surface area contributed by atoms with Crippen LogP contribution in [0.4, 0.5) is 0 Å². The van der Waals surface area contributed by atoms with Crippen LogP contribution in [-0.2, 0) is 9.59 Å². The highest BCUT2D eigenvalue weighted by atomic mass is 16.2. The first kappa shape index (κ1) is 29.9. The predicted molar refractivity (Wildman–Crippen MR) is 103 cm³/mol. The van der Waals surface area contributed by atoms with Crippen LogP contribution in [0.3, 0.4) is 0 Å². The Morgan fingerprint density at radius 1 is 1.04 bits per heavy atom. The van der Waals surface area contributed by atoms with Gasteiger partial charge in [0, 0.05) is 20.1 Å². The van der Waals surface area contributed by atoms with Crippen molar-refractivity contribution < 1.29 is 9.59 Å². The van der Waals surface area contributed by atoms with Crippen molar-refractivity contribution in [1.29, 1.82) is 0 Å². The second kappa shape index (κ2) is 23.2. The molecule has 2 atom stereocenters. The van der Waals surface area contributed by atoms with Crippen molar-refractivity contribution in [2.45, 2.75) is 67.9 Å². The average molecular weight is 334 g/mol. The zero-order valence-corrected chi connectivity index (χ0v) is 17.6. The van der Waals surface area contributed by atoms with Gasteiger partial charge in [-0.15, -0.1) is 0 Å². The second-order valence-corrected chi connectivity index (χ2v) is 4.70. The van der Waals surface area contributed by atoms with Gasteiger partial charge in [0.2, 0.25) is 12.3 Å². The van der Waals surface area contributed by atoms with Crippen LogP contribution in [0.15, 0.2) is 0 Å². The van der Waals surface area contributed by atoms with E-state index in [9.17, 15) is 9.59 Å². The summed E-state index contributed by atoms with van der Waals surface area (Å²) in [5.41, 5.74) is 0. The van der Waals surface area contributed by atoms with E-state index in [2.05, 4.69) is 5.32 Å². The minimum absolute atomic E-state index is 0.0733. The molecule has 0 spiro atoms. The summed E-state index contributed by atoms with van der Waals surface area (Å²) in [6, 6.07) is -0.375. The van der Waals surface area contributed by atoms with Gasteiger partial charge in [0.05, 0.1) is 0 Å². The lowest BCUT2D eigenvalue weighted by Gasteiger charge is -2.28. The fourth-order valence-corrected chi connectivity index (χ4v) is 1.64. The first-order valence-electron chi connectivity index (χ1n) is 9.03. The second-order valence-electron chi connectivity index (χ2n) is 4.70. The Bertz CT molecular complexity index is 246. The van der Waals surface area contributed by atoms with Gasteiger partial charge in [-0.2, -0.15) is 0 Å². The van der Waals surface area contributed by atoms with E-state index in [1.165, 1.54) is 4.90 Å². The van der Waals surface area contributed by atoms with Gasteiger partial charge in [-0.25, -0.2) is 0 Å². The summed E-state index contributed by atoms with van der Waals surface area (Å²) in [5.74, 6) is 0.0837. The van der Waals surface area contributed by atoms with E-state index >= 15 is 0 Å². The molecule has 23 heavy (non-hydrogen) atoms. The highest BCUT2D eigenvalue weighted by Crippen LogP contribution is 2.12. The highest BCUT2D eigenvalue weighted by molar-refractivity contribution is 5.83. The summed E-state index contributed by atoms with van der Waals surface area (Å²) < 4.78 is 0. The topological polar surface area (TPSA) is 52.7 Å². The molecule has 0 aliphatic carbocycles. The first-order valence-corrected chi connectivity index (χ1v) is 9.03. The lowest BCUT2D eigenvalue weighted by Crippen LogP contribution is -2.49. The summed E-state index contributed by atoms with van der Waals surface area (Å²) in [7, 11) is 5.56. The molecule has 0 aromatic rings. The molecule has 0 aliphatic rings. The number of nitrogens with zero attached hydrogens (tertiary/aromatic N) is 2. The lowest BCUT2D eigenvalue weighted by atomic mass is 9.97. The van der Waals surface area contributed by atoms with Crippen molar-refractivity contribution in [3.63, 3.8) is 0 Å². The molecule has 0 heterocycles. The van der Waals surface area contributed by atoms with Crippen LogP contribution in [0.1, 0.15) is 61.8 Å². The summed E-state index contributed by atoms with van der Waals surface area (Å²) >= 11 is 0. The van der Waals surface area contributed by atoms with E-state index in [1.807, 2.05) is 74.4 Å². The molecule has 5 nitrogen and oxygen atoms in total. The third kappa shape index (κ3) is 17.1. The summed E-state index contributed by atoms with van der Waals surface area (Å²) in [4.78, 5) is 26.2. The monoisotopic (exact) mass is 333 g/mol. The maximum atomic E-state index is 12.0. The molecular weight excluding hydrogens is 290 g/mol. The van der Waals surface area contributed by atoms with Gasteiger partial charge in [0.15, 0.2) is 0 Å². The molecule has 0 saturated heterocycles. The van der Waals surface area contributed by atoms with Crippen molar-refractivity contribution >= 4 is 12.3 Å². The molecule has 0 aromatic heterocycles. The molecule has 2 amide bonds. The Morgan fingerprint density at radius 2 is 1.48 bits per heavy atom. The number of amides is 2. The fourth-order valence-electron chi connectivity index (χ4n) is 1.64. The van der Waals surface area contributed by atoms with Crippen LogP contribution < -0.4 is 5.32 Å². The molecule has 5 heteroatoms. The molecule has 0 fully saturated rings. The minimum Gasteiger partial charge on any atom is -0.353 e. The molecule has 0 aliphatic heterocycles. The van der Waals surface area contributed by atoms with Crippen LogP contribution in [0.2, 0.25) is 0 Å². The van der Waals surface area contributed by atoms with Crippen LogP contribution >= 0.6 is 0 Å². The SMILES string of the molecule is CC.CC.CC.CCC(C)C(C(=O)NCCN(C)C)N(C)C=O. The normalized spacial score (nSPS) is 11.3. The van der Waals surface area contributed by atoms with Crippen molar-refractivity contribution in [2.24, 2.45) is 5.92 Å². The van der Waals surface area contributed by atoms with Gasteiger partial charge in [-0.3, -0.25) is 9.59 Å². The first-order chi connectivity index (χ1) is 10.9. The van der Waals surface area contributed by atoms with Gasteiger partial charge < -0.3 is 15.1 Å². The van der Waals surface area contributed by atoms with Gasteiger partial charge >= 0.3 is 0 Å². The van der Waals surface area contributed by atoms with Crippen molar-refractivity contribution in [2.75, 3.05) is 34.2 Å². The van der Waals surface area contributed by atoms with Crippen molar-refractivity contribution in [3.05, 3.63) is 0 Å². The van der Waals surface area contributed by atoms with Crippen LogP contribution in [0, 0.1) is 5.92 Å². The average Bonchev–Trinajstić information content (AvgIpc) is 2.59. The Hall–Kier alpha value is -1.10. The van der Waals surface area contributed by atoms with E-state index in [0.29, 0.717) is 13.0 Å². The quantitative estimate of drug-likeness (QED) is 0.694. The molecule has 0 saturated carbocycles. The maximum Gasteiger partial charge on any atom is 0.243 e. The van der Waals surface area contributed by atoms with E-state index in [1.54, 1.807) is 7.05 Å². The van der Waals surface area contributed by atoms with E-state index in [4.69, 9.17) is 0 Å². The van der Waals surface area contributed by atoms with Crippen molar-refractivity contribution in [3.8, 4) is 0 Å². The molecular formula is C18H43N3O2. The van der Waals surface area contributed by atoms with Gasteiger partial charge in [0.25, 0.3) is 0 Å². The Labute approximate surface area is 145 Å². The van der Waals surface area contributed by atoms with Gasteiger partial charge in [-0.1, -0.05) is 61.8 Å². The van der Waals surface area contributed by atoms with Gasteiger partial charge in [-0.05, 0) is 20.0 Å². The lowest BCUT2D eigenvalue weighted by molar-refractivity contribution is -0.133. The molecule has 0 bridgehead atoms. The minimum atomic E-state index is -0.375.